The Bertz CT molecular complexity index is 221. The third-order valence-electron chi connectivity index (χ3n) is 1.86. The van der Waals surface area contributed by atoms with E-state index in [0.717, 1.165) is 6.42 Å². The number of hydrogen-bond acceptors (Lipinski definition) is 2. The molecule has 12 heavy (non-hydrogen) atoms. The van der Waals surface area contributed by atoms with E-state index in [1.54, 1.807) is 0 Å². The molecule has 66 valence electrons. The molecular formula is C10H15NS. The first-order chi connectivity index (χ1) is 5.70. The molecule has 0 aliphatic carbocycles. The van der Waals surface area contributed by atoms with E-state index in [4.69, 9.17) is 0 Å². The highest BCUT2D eigenvalue weighted by Crippen LogP contribution is 2.08. The van der Waals surface area contributed by atoms with Crippen LogP contribution in [0.2, 0.25) is 0 Å². The van der Waals surface area contributed by atoms with E-state index >= 15 is 0 Å². The van der Waals surface area contributed by atoms with Gasteiger partial charge in [0.1, 0.15) is 0 Å². The summed E-state index contributed by atoms with van der Waals surface area (Å²) in [5.74, 6) is 0. The summed E-state index contributed by atoms with van der Waals surface area (Å²) >= 11 is 4.46. The molecule has 0 N–H and O–H groups in total. The van der Waals surface area contributed by atoms with Crippen molar-refractivity contribution in [3.8, 4) is 0 Å². The molecule has 0 heterocycles. The Morgan fingerprint density at radius 2 is 1.83 bits per heavy atom. The molecule has 1 aromatic carbocycles. The lowest BCUT2D eigenvalue weighted by Gasteiger charge is -2.18. The van der Waals surface area contributed by atoms with Gasteiger partial charge < -0.3 is 0 Å². The maximum atomic E-state index is 4.46. The Morgan fingerprint density at radius 1 is 1.25 bits per heavy atom. The maximum Gasteiger partial charge on any atom is 0.0563 e. The molecule has 0 bridgehead atoms. The van der Waals surface area contributed by atoms with Crippen LogP contribution < -0.4 is 0 Å². The molecule has 0 saturated heterocycles. The van der Waals surface area contributed by atoms with Gasteiger partial charge in [0.15, 0.2) is 0 Å². The Morgan fingerprint density at radius 3 is 2.33 bits per heavy atom. The molecule has 0 saturated carbocycles. The number of hydrogen-bond donors (Lipinski definition) is 1. The second-order valence-electron chi connectivity index (χ2n) is 3.13. The Labute approximate surface area is 79.8 Å². The fourth-order valence-electron chi connectivity index (χ4n) is 1.01. The van der Waals surface area contributed by atoms with Gasteiger partial charge in [-0.3, -0.25) is 4.90 Å². The second-order valence-corrected chi connectivity index (χ2v) is 3.73. The first-order valence-corrected chi connectivity index (χ1v) is 4.60. The van der Waals surface area contributed by atoms with Gasteiger partial charge in [-0.05, 0) is 26.1 Å². The quantitative estimate of drug-likeness (QED) is 0.552. The van der Waals surface area contributed by atoms with E-state index < -0.39 is 0 Å². The van der Waals surface area contributed by atoms with E-state index in [2.05, 4.69) is 41.8 Å². The van der Waals surface area contributed by atoms with E-state index in [1.807, 2.05) is 20.2 Å². The molecular weight excluding hydrogens is 166 g/mol. The number of thiol groups is 1. The number of rotatable bonds is 3. The molecule has 0 spiro atoms. The minimum Gasteiger partial charge on any atom is -0.298 e. The van der Waals surface area contributed by atoms with Crippen LogP contribution in [0.15, 0.2) is 30.3 Å². The van der Waals surface area contributed by atoms with Crippen LogP contribution in [0.5, 0.6) is 0 Å². The van der Waals surface area contributed by atoms with Crippen LogP contribution >= 0.6 is 12.6 Å². The fraction of sp³-hybridized carbons (Fsp3) is 0.400. The van der Waals surface area contributed by atoms with Crippen LogP contribution in [0.1, 0.15) is 5.56 Å². The zero-order chi connectivity index (χ0) is 8.97. The van der Waals surface area contributed by atoms with Gasteiger partial charge in [0.05, 0.1) is 5.37 Å². The van der Waals surface area contributed by atoms with Gasteiger partial charge >= 0.3 is 0 Å². The molecule has 0 fully saturated rings. The molecule has 2 heteroatoms. The zero-order valence-electron chi connectivity index (χ0n) is 7.57. The Balaban J connectivity index is 2.53. The van der Waals surface area contributed by atoms with Gasteiger partial charge in [-0.1, -0.05) is 30.3 Å². The molecule has 0 amide bonds. The van der Waals surface area contributed by atoms with Gasteiger partial charge in [-0.25, -0.2) is 0 Å². The summed E-state index contributed by atoms with van der Waals surface area (Å²) < 4.78 is 0. The summed E-state index contributed by atoms with van der Waals surface area (Å²) in [7, 11) is 4.08. The van der Waals surface area contributed by atoms with Gasteiger partial charge in [0.2, 0.25) is 0 Å². The summed E-state index contributed by atoms with van der Waals surface area (Å²) in [6.07, 6.45) is 0.997. The molecule has 1 nitrogen and oxygen atoms in total. The van der Waals surface area contributed by atoms with Crippen molar-refractivity contribution >= 4 is 12.6 Å². The minimum atomic E-state index is 0.312. The normalized spacial score (nSPS) is 13.3. The van der Waals surface area contributed by atoms with E-state index in [-0.39, 0.29) is 0 Å². The van der Waals surface area contributed by atoms with Crippen molar-refractivity contribution in [1.82, 2.24) is 4.90 Å². The second kappa shape index (κ2) is 4.53. The molecule has 0 aliphatic heterocycles. The van der Waals surface area contributed by atoms with Crippen molar-refractivity contribution in [3.05, 3.63) is 35.9 Å². The van der Waals surface area contributed by atoms with Gasteiger partial charge in [-0.2, -0.15) is 12.6 Å². The molecule has 1 unspecified atom stereocenters. The van der Waals surface area contributed by atoms with Crippen molar-refractivity contribution in [3.63, 3.8) is 0 Å². The van der Waals surface area contributed by atoms with Gasteiger partial charge in [0.25, 0.3) is 0 Å². The van der Waals surface area contributed by atoms with Crippen molar-refractivity contribution in [1.29, 1.82) is 0 Å². The maximum absolute atomic E-state index is 4.46. The number of likely N-dealkylation sites (N-methyl/N-ethyl adjacent to an activating group) is 1. The topological polar surface area (TPSA) is 3.24 Å². The third kappa shape index (κ3) is 2.88. The van der Waals surface area contributed by atoms with Crippen molar-refractivity contribution in [2.45, 2.75) is 11.8 Å². The summed E-state index contributed by atoms with van der Waals surface area (Å²) in [5, 5.41) is 0.312. The number of benzene rings is 1. The van der Waals surface area contributed by atoms with Crippen LogP contribution in [0, 0.1) is 0 Å². The highest BCUT2D eigenvalue weighted by Gasteiger charge is 2.05. The van der Waals surface area contributed by atoms with Crippen LogP contribution in [0.4, 0.5) is 0 Å². The van der Waals surface area contributed by atoms with E-state index in [0.29, 0.717) is 5.37 Å². The van der Waals surface area contributed by atoms with Gasteiger partial charge in [0, 0.05) is 0 Å². The first-order valence-electron chi connectivity index (χ1n) is 4.08. The van der Waals surface area contributed by atoms with Crippen LogP contribution in [0.3, 0.4) is 0 Å². The minimum absolute atomic E-state index is 0.312. The Kier molecular flexibility index (Phi) is 3.63. The summed E-state index contributed by atoms with van der Waals surface area (Å²) in [4.78, 5) is 2.11. The average Bonchev–Trinajstić information content (AvgIpc) is 2.06. The lowest BCUT2D eigenvalue weighted by Crippen LogP contribution is -2.24. The van der Waals surface area contributed by atoms with E-state index in [1.165, 1.54) is 5.56 Å². The van der Waals surface area contributed by atoms with Gasteiger partial charge in [-0.15, -0.1) is 0 Å². The Hall–Kier alpha value is -0.470. The predicted octanol–water partition coefficient (Wildman–Crippen LogP) is 2.05. The largest absolute Gasteiger partial charge is 0.298 e. The SMILES string of the molecule is CN(C)C(S)Cc1ccccc1. The highest BCUT2D eigenvalue weighted by atomic mass is 32.1. The summed E-state index contributed by atoms with van der Waals surface area (Å²) in [6.45, 7) is 0. The average molecular weight is 181 g/mol. The standard InChI is InChI=1S/C10H15NS/c1-11(2)10(12)8-9-6-4-3-5-7-9/h3-7,10,12H,8H2,1-2H3. The van der Waals surface area contributed by atoms with Crippen LogP contribution in [0.25, 0.3) is 0 Å². The van der Waals surface area contributed by atoms with Crippen molar-refractivity contribution < 1.29 is 0 Å². The molecule has 0 radical (unpaired) electrons. The zero-order valence-corrected chi connectivity index (χ0v) is 8.46. The lowest BCUT2D eigenvalue weighted by molar-refractivity contribution is 0.383. The molecule has 1 atom stereocenters. The first kappa shape index (κ1) is 9.62. The summed E-state index contributed by atoms with van der Waals surface area (Å²) in [6, 6.07) is 10.4. The van der Waals surface area contributed by atoms with Crippen molar-refractivity contribution in [2.24, 2.45) is 0 Å². The smallest absolute Gasteiger partial charge is 0.0563 e. The fourth-order valence-corrected chi connectivity index (χ4v) is 1.22. The van der Waals surface area contributed by atoms with Crippen LogP contribution in [-0.2, 0) is 6.42 Å². The molecule has 0 aromatic heterocycles. The summed E-state index contributed by atoms with van der Waals surface area (Å²) in [5.41, 5.74) is 1.34. The molecule has 1 rings (SSSR count). The lowest BCUT2D eigenvalue weighted by atomic mass is 10.1. The van der Waals surface area contributed by atoms with Crippen molar-refractivity contribution in [2.75, 3.05) is 14.1 Å². The molecule has 1 aromatic rings. The predicted molar refractivity (Wildman–Crippen MR) is 56.6 cm³/mol. The molecule has 0 aliphatic rings. The third-order valence-corrected chi connectivity index (χ3v) is 2.50. The van der Waals surface area contributed by atoms with E-state index in [9.17, 15) is 0 Å². The monoisotopic (exact) mass is 181 g/mol. The number of nitrogens with zero attached hydrogens (tertiary/aromatic N) is 1. The van der Waals surface area contributed by atoms with Crippen LogP contribution in [-0.4, -0.2) is 24.4 Å². The highest BCUT2D eigenvalue weighted by molar-refractivity contribution is 7.80.